The molecule has 0 aromatic rings. The van der Waals surface area contributed by atoms with E-state index in [1.807, 2.05) is 0 Å². The Morgan fingerprint density at radius 2 is 2.19 bits per heavy atom. The lowest BCUT2D eigenvalue weighted by molar-refractivity contribution is -0.194. The van der Waals surface area contributed by atoms with Crippen molar-refractivity contribution in [3.8, 4) is 0 Å². The van der Waals surface area contributed by atoms with Gasteiger partial charge in [-0.05, 0) is 12.8 Å². The molecule has 0 aliphatic carbocycles. The molecule has 7 heteroatoms. The SMILES string of the molecule is O=C(N1CCC1COCCCO)C(F)(F)F. The molecule has 1 unspecified atom stereocenters. The highest BCUT2D eigenvalue weighted by molar-refractivity contribution is 5.82. The first-order chi connectivity index (χ1) is 7.46. The number of hydrogen-bond acceptors (Lipinski definition) is 3. The van der Waals surface area contributed by atoms with E-state index in [0.717, 1.165) is 4.90 Å². The molecule has 1 fully saturated rings. The molecule has 4 nitrogen and oxygen atoms in total. The highest BCUT2D eigenvalue weighted by Crippen LogP contribution is 2.26. The zero-order chi connectivity index (χ0) is 12.2. The molecule has 0 bridgehead atoms. The Morgan fingerprint density at radius 1 is 1.50 bits per heavy atom. The van der Waals surface area contributed by atoms with Gasteiger partial charge in [0, 0.05) is 19.8 Å². The number of aliphatic hydroxyl groups excluding tert-OH is 1. The van der Waals surface area contributed by atoms with E-state index < -0.39 is 18.1 Å². The van der Waals surface area contributed by atoms with Crippen LogP contribution in [0.5, 0.6) is 0 Å². The number of amides is 1. The lowest BCUT2D eigenvalue weighted by Crippen LogP contribution is -2.57. The molecule has 1 N–H and O–H groups in total. The van der Waals surface area contributed by atoms with E-state index in [9.17, 15) is 18.0 Å². The highest BCUT2D eigenvalue weighted by Gasteiger charge is 2.47. The molecule has 16 heavy (non-hydrogen) atoms. The monoisotopic (exact) mass is 241 g/mol. The molecule has 1 aliphatic rings. The maximum Gasteiger partial charge on any atom is 0.471 e. The lowest BCUT2D eigenvalue weighted by Gasteiger charge is -2.40. The first-order valence-corrected chi connectivity index (χ1v) is 5.03. The Balaban J connectivity index is 2.27. The summed E-state index contributed by atoms with van der Waals surface area (Å²) in [5.74, 6) is -1.80. The first-order valence-electron chi connectivity index (χ1n) is 5.03. The van der Waals surface area contributed by atoms with E-state index in [1.54, 1.807) is 0 Å². The van der Waals surface area contributed by atoms with Crippen LogP contribution in [0.15, 0.2) is 0 Å². The summed E-state index contributed by atoms with van der Waals surface area (Å²) in [6.07, 6.45) is -3.83. The Hall–Kier alpha value is -0.820. The van der Waals surface area contributed by atoms with Crippen LogP contribution in [0.3, 0.4) is 0 Å². The smallest absolute Gasteiger partial charge is 0.396 e. The number of carbonyl (C=O) groups excluding carboxylic acids is 1. The van der Waals surface area contributed by atoms with Crippen molar-refractivity contribution in [2.75, 3.05) is 26.4 Å². The summed E-state index contributed by atoms with van der Waals surface area (Å²) in [5.41, 5.74) is 0. The van der Waals surface area contributed by atoms with E-state index >= 15 is 0 Å². The first kappa shape index (κ1) is 13.2. The van der Waals surface area contributed by atoms with Crippen LogP contribution in [-0.2, 0) is 9.53 Å². The fourth-order valence-corrected chi connectivity index (χ4v) is 1.43. The molecule has 0 spiro atoms. The maximum atomic E-state index is 12.1. The predicted octanol–water partition coefficient (Wildman–Crippen LogP) is 0.549. The van der Waals surface area contributed by atoms with Crippen LogP contribution in [0.1, 0.15) is 12.8 Å². The van der Waals surface area contributed by atoms with Gasteiger partial charge in [0.2, 0.25) is 0 Å². The zero-order valence-corrected chi connectivity index (χ0v) is 8.66. The van der Waals surface area contributed by atoms with Crippen molar-refractivity contribution in [1.29, 1.82) is 0 Å². The third-order valence-electron chi connectivity index (χ3n) is 2.40. The molecule has 0 radical (unpaired) electrons. The van der Waals surface area contributed by atoms with Gasteiger partial charge in [0.05, 0.1) is 12.6 Å². The van der Waals surface area contributed by atoms with Gasteiger partial charge in [-0.25, -0.2) is 0 Å². The summed E-state index contributed by atoms with van der Waals surface area (Å²) in [7, 11) is 0. The van der Waals surface area contributed by atoms with Crippen LogP contribution in [0.2, 0.25) is 0 Å². The molecule has 1 heterocycles. The van der Waals surface area contributed by atoms with E-state index in [0.29, 0.717) is 19.4 Å². The van der Waals surface area contributed by atoms with Gasteiger partial charge in [0.1, 0.15) is 0 Å². The van der Waals surface area contributed by atoms with Crippen LogP contribution in [0.4, 0.5) is 13.2 Å². The molecule has 1 rings (SSSR count). The molecule has 94 valence electrons. The number of aliphatic hydroxyl groups is 1. The number of ether oxygens (including phenoxy) is 1. The van der Waals surface area contributed by atoms with Gasteiger partial charge in [-0.1, -0.05) is 0 Å². The summed E-state index contributed by atoms with van der Waals surface area (Å²) >= 11 is 0. The van der Waals surface area contributed by atoms with Gasteiger partial charge in [-0.2, -0.15) is 13.2 Å². The molecular weight excluding hydrogens is 227 g/mol. The normalized spacial score (nSPS) is 20.8. The van der Waals surface area contributed by atoms with Crippen LogP contribution in [0, 0.1) is 0 Å². The molecule has 0 aromatic carbocycles. The van der Waals surface area contributed by atoms with Gasteiger partial charge in [-0.15, -0.1) is 0 Å². The predicted molar refractivity (Wildman–Crippen MR) is 48.7 cm³/mol. The summed E-state index contributed by atoms with van der Waals surface area (Å²) in [6, 6.07) is -0.479. The van der Waals surface area contributed by atoms with Gasteiger partial charge in [-0.3, -0.25) is 4.79 Å². The molecule has 1 amide bonds. The van der Waals surface area contributed by atoms with Crippen molar-refractivity contribution >= 4 is 5.91 Å². The second kappa shape index (κ2) is 5.49. The van der Waals surface area contributed by atoms with Crippen LogP contribution in [-0.4, -0.2) is 54.5 Å². The third-order valence-corrected chi connectivity index (χ3v) is 2.40. The van der Waals surface area contributed by atoms with Crippen molar-refractivity contribution in [3.05, 3.63) is 0 Å². The lowest BCUT2D eigenvalue weighted by atomic mass is 10.0. The Labute approximate surface area is 91.0 Å². The van der Waals surface area contributed by atoms with E-state index in [4.69, 9.17) is 9.84 Å². The van der Waals surface area contributed by atoms with Crippen molar-refractivity contribution < 1.29 is 27.8 Å². The third kappa shape index (κ3) is 3.34. The summed E-state index contributed by atoms with van der Waals surface area (Å²) in [5, 5.41) is 8.46. The van der Waals surface area contributed by atoms with Crippen LogP contribution >= 0.6 is 0 Å². The van der Waals surface area contributed by atoms with Gasteiger partial charge < -0.3 is 14.7 Å². The maximum absolute atomic E-state index is 12.1. The second-order valence-electron chi connectivity index (χ2n) is 3.59. The molecule has 0 aromatic heterocycles. The van der Waals surface area contributed by atoms with E-state index in [1.165, 1.54) is 0 Å². The average Bonchev–Trinajstić information content (AvgIpc) is 2.14. The summed E-state index contributed by atoms with van der Waals surface area (Å²) < 4.78 is 41.3. The Morgan fingerprint density at radius 3 is 2.62 bits per heavy atom. The van der Waals surface area contributed by atoms with Gasteiger partial charge in [0.25, 0.3) is 0 Å². The minimum atomic E-state index is -4.80. The Bertz CT molecular complexity index is 245. The number of likely N-dealkylation sites (tertiary alicyclic amines) is 1. The van der Waals surface area contributed by atoms with E-state index in [-0.39, 0.29) is 19.8 Å². The Kier molecular flexibility index (Phi) is 4.55. The average molecular weight is 241 g/mol. The number of rotatable bonds is 5. The largest absolute Gasteiger partial charge is 0.471 e. The van der Waals surface area contributed by atoms with Gasteiger partial charge >= 0.3 is 12.1 Å². The molecule has 1 atom stereocenters. The highest BCUT2D eigenvalue weighted by atomic mass is 19.4. The molecule has 0 saturated carbocycles. The number of alkyl halides is 3. The molecular formula is C9H14F3NO3. The number of halogens is 3. The fourth-order valence-electron chi connectivity index (χ4n) is 1.43. The number of hydrogen-bond donors (Lipinski definition) is 1. The van der Waals surface area contributed by atoms with Crippen molar-refractivity contribution in [3.63, 3.8) is 0 Å². The fraction of sp³-hybridized carbons (Fsp3) is 0.889. The van der Waals surface area contributed by atoms with Crippen LogP contribution in [0.25, 0.3) is 0 Å². The van der Waals surface area contributed by atoms with Crippen molar-refractivity contribution in [2.45, 2.75) is 25.1 Å². The molecule has 1 saturated heterocycles. The summed E-state index contributed by atoms with van der Waals surface area (Å²) in [4.78, 5) is 11.6. The second-order valence-corrected chi connectivity index (χ2v) is 3.59. The van der Waals surface area contributed by atoms with Crippen molar-refractivity contribution in [2.24, 2.45) is 0 Å². The topological polar surface area (TPSA) is 49.8 Å². The molecule has 1 aliphatic heterocycles. The summed E-state index contributed by atoms with van der Waals surface area (Å²) in [6.45, 7) is 0.505. The van der Waals surface area contributed by atoms with Crippen LogP contribution < -0.4 is 0 Å². The zero-order valence-electron chi connectivity index (χ0n) is 8.66. The van der Waals surface area contributed by atoms with E-state index in [2.05, 4.69) is 0 Å². The number of nitrogens with zero attached hydrogens (tertiary/aromatic N) is 1. The quantitative estimate of drug-likeness (QED) is 0.715. The van der Waals surface area contributed by atoms with Crippen molar-refractivity contribution in [1.82, 2.24) is 4.90 Å². The standard InChI is InChI=1S/C9H14F3NO3/c10-9(11,12)8(15)13-3-2-7(13)6-16-5-1-4-14/h7,14H,1-6H2. The minimum absolute atomic E-state index is 0.0180. The minimum Gasteiger partial charge on any atom is -0.396 e. The van der Waals surface area contributed by atoms with Gasteiger partial charge in [0.15, 0.2) is 0 Å². The number of carbonyl (C=O) groups is 1.